The molecule has 1 unspecified atom stereocenters. The van der Waals surface area contributed by atoms with Crippen molar-refractivity contribution in [3.05, 3.63) is 57.8 Å². The van der Waals surface area contributed by atoms with E-state index in [2.05, 4.69) is 21.0 Å². The molecule has 1 saturated heterocycles. The second-order valence-corrected chi connectivity index (χ2v) is 9.77. The molecule has 0 bridgehead atoms. The van der Waals surface area contributed by atoms with Crippen molar-refractivity contribution >= 4 is 16.7 Å². The van der Waals surface area contributed by atoms with E-state index in [0.29, 0.717) is 55.1 Å². The van der Waals surface area contributed by atoms with Crippen molar-refractivity contribution in [2.24, 2.45) is 7.05 Å². The van der Waals surface area contributed by atoms with E-state index in [9.17, 15) is 22.4 Å². The maximum atomic E-state index is 13.9. The van der Waals surface area contributed by atoms with Crippen molar-refractivity contribution < 1.29 is 17.6 Å². The van der Waals surface area contributed by atoms with Crippen molar-refractivity contribution in [2.45, 2.75) is 70.9 Å². The summed E-state index contributed by atoms with van der Waals surface area (Å²) in [6.07, 6.45) is -1.21. The molecule has 7 nitrogen and oxygen atoms in total. The number of aromatic nitrogens is 3. The lowest BCUT2D eigenvalue weighted by atomic mass is 9.91. The van der Waals surface area contributed by atoms with E-state index in [-0.39, 0.29) is 29.8 Å². The van der Waals surface area contributed by atoms with Gasteiger partial charge in [-0.1, -0.05) is 26.8 Å². The van der Waals surface area contributed by atoms with Crippen LogP contribution in [0.2, 0.25) is 0 Å². The van der Waals surface area contributed by atoms with Gasteiger partial charge in [0.1, 0.15) is 17.9 Å². The van der Waals surface area contributed by atoms with Crippen LogP contribution in [0, 0.1) is 17.1 Å². The SMILES string of the molecule is CCC(c1ccc(F)cc1C(F)(F)F)N1C[C@H](CC)N(c2cc(=O)n(C)c3cn(CC#N)nc23)C[C@H]1CC. The second kappa shape index (κ2) is 10.8. The fourth-order valence-corrected chi connectivity index (χ4v) is 5.67. The number of piperazine rings is 1. The summed E-state index contributed by atoms with van der Waals surface area (Å²) in [7, 11) is 1.66. The smallest absolute Gasteiger partial charge is 0.364 e. The van der Waals surface area contributed by atoms with E-state index >= 15 is 0 Å². The standard InChI is InChI=1S/C27H32F4N6O/c1-5-18-15-37(23-13-25(38)34(4)24-16-35(11-10-32)33-26(23)24)19(6-2)14-36(18)22(7-3)20-9-8-17(28)12-21(20)27(29,30)31/h8-9,12-13,16,18-19,22H,5-7,11,14-15H2,1-4H3/t18-,19+,22?/m1/s1. The van der Waals surface area contributed by atoms with Crippen LogP contribution in [-0.4, -0.2) is 44.4 Å². The highest BCUT2D eigenvalue weighted by Crippen LogP contribution is 2.41. The lowest BCUT2D eigenvalue weighted by Gasteiger charge is -2.50. The Hall–Kier alpha value is -3.39. The number of nitriles is 1. The van der Waals surface area contributed by atoms with Gasteiger partial charge in [0, 0.05) is 44.3 Å². The van der Waals surface area contributed by atoms with Gasteiger partial charge >= 0.3 is 6.18 Å². The van der Waals surface area contributed by atoms with Crippen LogP contribution in [0.25, 0.3) is 11.0 Å². The Morgan fingerprint density at radius 1 is 1.13 bits per heavy atom. The van der Waals surface area contributed by atoms with Crippen LogP contribution in [0.1, 0.15) is 57.2 Å². The van der Waals surface area contributed by atoms with Crippen LogP contribution < -0.4 is 10.5 Å². The molecule has 1 aromatic carbocycles. The molecule has 3 aromatic rings. The number of rotatable bonds is 7. The Bertz CT molecular complexity index is 1410. The number of hydrogen-bond donors (Lipinski definition) is 0. The van der Waals surface area contributed by atoms with E-state index in [4.69, 9.17) is 5.26 Å². The van der Waals surface area contributed by atoms with Gasteiger partial charge in [0.05, 0.1) is 29.0 Å². The highest BCUT2D eigenvalue weighted by atomic mass is 19.4. The number of fused-ring (bicyclic) bond motifs is 1. The number of benzene rings is 1. The molecular formula is C27H32F4N6O. The van der Waals surface area contributed by atoms with Crippen LogP contribution in [-0.2, 0) is 19.8 Å². The predicted octanol–water partition coefficient (Wildman–Crippen LogP) is 5.25. The monoisotopic (exact) mass is 532 g/mol. The molecule has 0 N–H and O–H groups in total. The zero-order chi connectivity index (χ0) is 27.8. The number of hydrogen-bond acceptors (Lipinski definition) is 5. The fraction of sp³-hybridized carbons (Fsp3) is 0.519. The molecule has 3 atom stereocenters. The fourth-order valence-electron chi connectivity index (χ4n) is 5.67. The number of halogens is 4. The normalized spacial score (nSPS) is 19.6. The van der Waals surface area contributed by atoms with Crippen LogP contribution in [0.3, 0.4) is 0 Å². The molecule has 1 fully saturated rings. The molecular weight excluding hydrogens is 500 g/mol. The molecule has 2 aromatic heterocycles. The van der Waals surface area contributed by atoms with Gasteiger partial charge in [0.15, 0.2) is 0 Å². The van der Waals surface area contributed by atoms with Crippen molar-refractivity contribution in [3.8, 4) is 6.07 Å². The summed E-state index contributed by atoms with van der Waals surface area (Å²) < 4.78 is 58.6. The van der Waals surface area contributed by atoms with Crippen molar-refractivity contribution in [2.75, 3.05) is 18.0 Å². The third kappa shape index (κ3) is 5.01. The van der Waals surface area contributed by atoms with E-state index in [1.165, 1.54) is 15.3 Å². The molecule has 1 aliphatic rings. The summed E-state index contributed by atoms with van der Waals surface area (Å²) in [5.41, 5.74) is 0.812. The average Bonchev–Trinajstić information content (AvgIpc) is 3.31. The van der Waals surface area contributed by atoms with Crippen LogP contribution in [0.5, 0.6) is 0 Å². The minimum absolute atomic E-state index is 0.0439. The van der Waals surface area contributed by atoms with Crippen LogP contribution >= 0.6 is 0 Å². The Morgan fingerprint density at radius 2 is 1.84 bits per heavy atom. The average molecular weight is 533 g/mol. The lowest BCUT2D eigenvalue weighted by molar-refractivity contribution is -0.139. The zero-order valence-corrected chi connectivity index (χ0v) is 22.0. The molecule has 38 heavy (non-hydrogen) atoms. The minimum Gasteiger partial charge on any atom is -0.364 e. The van der Waals surface area contributed by atoms with E-state index < -0.39 is 23.6 Å². The number of nitrogens with zero attached hydrogens (tertiary/aromatic N) is 6. The molecule has 0 aliphatic carbocycles. The van der Waals surface area contributed by atoms with E-state index in [0.717, 1.165) is 6.07 Å². The molecule has 204 valence electrons. The Labute approximate surface area is 218 Å². The van der Waals surface area contributed by atoms with Gasteiger partial charge in [0.2, 0.25) is 0 Å². The first kappa shape index (κ1) is 27.6. The molecule has 0 spiro atoms. The summed E-state index contributed by atoms with van der Waals surface area (Å²) in [5.74, 6) is -0.912. The first-order valence-electron chi connectivity index (χ1n) is 12.9. The van der Waals surface area contributed by atoms with Gasteiger partial charge in [-0.3, -0.25) is 14.4 Å². The molecule has 11 heteroatoms. The van der Waals surface area contributed by atoms with Crippen molar-refractivity contribution in [1.29, 1.82) is 5.26 Å². The third-order valence-electron chi connectivity index (χ3n) is 7.63. The largest absolute Gasteiger partial charge is 0.416 e. The first-order valence-corrected chi connectivity index (χ1v) is 12.9. The molecule has 1 aliphatic heterocycles. The third-order valence-corrected chi connectivity index (χ3v) is 7.63. The maximum Gasteiger partial charge on any atom is 0.416 e. The minimum atomic E-state index is -4.67. The van der Waals surface area contributed by atoms with Gasteiger partial charge in [-0.05, 0) is 37.0 Å². The summed E-state index contributed by atoms with van der Waals surface area (Å²) in [6.45, 7) is 6.85. The summed E-state index contributed by atoms with van der Waals surface area (Å²) in [4.78, 5) is 17.1. The topological polar surface area (TPSA) is 70.1 Å². The van der Waals surface area contributed by atoms with Crippen molar-refractivity contribution in [3.63, 3.8) is 0 Å². The Morgan fingerprint density at radius 3 is 2.45 bits per heavy atom. The Kier molecular flexibility index (Phi) is 7.83. The van der Waals surface area contributed by atoms with Gasteiger partial charge in [-0.2, -0.15) is 23.5 Å². The molecule has 3 heterocycles. The van der Waals surface area contributed by atoms with Gasteiger partial charge < -0.3 is 9.47 Å². The number of pyridine rings is 1. The summed E-state index contributed by atoms with van der Waals surface area (Å²) >= 11 is 0. The number of alkyl halides is 3. The number of anilines is 1. The molecule has 4 rings (SSSR count). The molecule has 0 radical (unpaired) electrons. The summed E-state index contributed by atoms with van der Waals surface area (Å²) in [5, 5.41) is 13.7. The van der Waals surface area contributed by atoms with Crippen LogP contribution in [0.15, 0.2) is 35.3 Å². The summed E-state index contributed by atoms with van der Waals surface area (Å²) in [6, 6.07) is 5.79. The zero-order valence-electron chi connectivity index (χ0n) is 22.0. The van der Waals surface area contributed by atoms with Gasteiger partial charge in [-0.25, -0.2) is 4.39 Å². The predicted molar refractivity (Wildman–Crippen MR) is 137 cm³/mol. The maximum absolute atomic E-state index is 13.9. The van der Waals surface area contributed by atoms with E-state index in [1.54, 1.807) is 19.3 Å². The first-order chi connectivity index (χ1) is 18.0. The Balaban J connectivity index is 1.77. The van der Waals surface area contributed by atoms with Crippen molar-refractivity contribution in [1.82, 2.24) is 19.2 Å². The molecule has 0 amide bonds. The van der Waals surface area contributed by atoms with E-state index in [1.807, 2.05) is 20.8 Å². The quantitative estimate of drug-likeness (QED) is 0.389. The lowest BCUT2D eigenvalue weighted by Crippen LogP contribution is -2.59. The highest BCUT2D eigenvalue weighted by Gasteiger charge is 2.41. The second-order valence-electron chi connectivity index (χ2n) is 9.77. The van der Waals surface area contributed by atoms with Gasteiger partial charge in [0.25, 0.3) is 5.56 Å². The van der Waals surface area contributed by atoms with Gasteiger partial charge in [-0.15, -0.1) is 0 Å². The molecule has 0 saturated carbocycles. The van der Waals surface area contributed by atoms with Crippen LogP contribution in [0.4, 0.5) is 23.2 Å². The highest BCUT2D eigenvalue weighted by molar-refractivity contribution is 5.88. The number of aryl methyl sites for hydroxylation is 1.